The van der Waals surface area contributed by atoms with E-state index in [0.717, 1.165) is 13.0 Å². The smallest absolute Gasteiger partial charge is 0.240 e. The second kappa shape index (κ2) is 7.06. The van der Waals surface area contributed by atoms with Crippen molar-refractivity contribution in [1.29, 1.82) is 0 Å². The Balaban J connectivity index is 2.60. The highest BCUT2D eigenvalue weighted by atomic mass is 32.2. The SMILES string of the molecule is Cc1ccc(N)cc1S(=O)(=O)NCCCN(C)C(C)C. The molecule has 0 spiro atoms. The Bertz CT molecular complexity index is 541. The number of hydrogen-bond donors (Lipinski definition) is 2. The lowest BCUT2D eigenvalue weighted by atomic mass is 10.2. The number of sulfonamides is 1. The number of anilines is 1. The third-order valence-corrected chi connectivity index (χ3v) is 4.97. The van der Waals surface area contributed by atoms with Gasteiger partial charge in [0.25, 0.3) is 0 Å². The van der Waals surface area contributed by atoms with Crippen LogP contribution in [0.2, 0.25) is 0 Å². The fraction of sp³-hybridized carbons (Fsp3) is 0.571. The number of nitrogen functional groups attached to an aromatic ring is 1. The van der Waals surface area contributed by atoms with E-state index in [4.69, 9.17) is 5.73 Å². The van der Waals surface area contributed by atoms with E-state index < -0.39 is 10.0 Å². The number of rotatable bonds is 7. The van der Waals surface area contributed by atoms with Gasteiger partial charge in [-0.15, -0.1) is 0 Å². The highest BCUT2D eigenvalue weighted by Gasteiger charge is 2.16. The number of hydrogen-bond acceptors (Lipinski definition) is 4. The number of nitrogens with zero attached hydrogens (tertiary/aromatic N) is 1. The van der Waals surface area contributed by atoms with Crippen LogP contribution in [0.1, 0.15) is 25.8 Å². The molecule has 0 saturated carbocycles. The average Bonchev–Trinajstić information content (AvgIpc) is 2.37. The lowest BCUT2D eigenvalue weighted by molar-refractivity contribution is 0.271. The van der Waals surface area contributed by atoms with Gasteiger partial charge in [-0.25, -0.2) is 13.1 Å². The van der Waals surface area contributed by atoms with Gasteiger partial charge in [0.15, 0.2) is 0 Å². The van der Waals surface area contributed by atoms with Crippen LogP contribution in [0.15, 0.2) is 23.1 Å². The molecule has 0 atom stereocenters. The molecular weight excluding hydrogens is 274 g/mol. The second-order valence-electron chi connectivity index (χ2n) is 5.35. The van der Waals surface area contributed by atoms with Crippen LogP contribution in [0.25, 0.3) is 0 Å². The lowest BCUT2D eigenvalue weighted by Gasteiger charge is -2.20. The van der Waals surface area contributed by atoms with Crippen molar-refractivity contribution in [3.63, 3.8) is 0 Å². The number of benzene rings is 1. The van der Waals surface area contributed by atoms with Crippen molar-refractivity contribution in [1.82, 2.24) is 9.62 Å². The average molecular weight is 299 g/mol. The van der Waals surface area contributed by atoms with Crippen LogP contribution in [0.5, 0.6) is 0 Å². The van der Waals surface area contributed by atoms with Crippen molar-refractivity contribution in [2.45, 2.75) is 38.1 Å². The molecule has 0 unspecified atom stereocenters. The van der Waals surface area contributed by atoms with Gasteiger partial charge in [0.05, 0.1) is 4.90 Å². The molecule has 0 heterocycles. The van der Waals surface area contributed by atoms with Crippen molar-refractivity contribution >= 4 is 15.7 Å². The molecule has 5 nitrogen and oxygen atoms in total. The molecule has 0 fully saturated rings. The van der Waals surface area contributed by atoms with E-state index in [-0.39, 0.29) is 4.90 Å². The lowest BCUT2D eigenvalue weighted by Crippen LogP contribution is -2.31. The third-order valence-electron chi connectivity index (χ3n) is 3.36. The van der Waals surface area contributed by atoms with Crippen molar-refractivity contribution in [2.24, 2.45) is 0 Å². The van der Waals surface area contributed by atoms with E-state index in [1.54, 1.807) is 19.1 Å². The zero-order valence-corrected chi connectivity index (χ0v) is 13.5. The minimum absolute atomic E-state index is 0.259. The van der Waals surface area contributed by atoms with E-state index >= 15 is 0 Å². The van der Waals surface area contributed by atoms with Crippen LogP contribution in [0, 0.1) is 6.92 Å². The fourth-order valence-electron chi connectivity index (χ4n) is 1.78. The molecule has 6 heteroatoms. The van der Waals surface area contributed by atoms with Gasteiger partial charge >= 0.3 is 0 Å². The zero-order valence-electron chi connectivity index (χ0n) is 12.7. The minimum Gasteiger partial charge on any atom is -0.399 e. The van der Waals surface area contributed by atoms with Crippen molar-refractivity contribution in [3.8, 4) is 0 Å². The maximum Gasteiger partial charge on any atom is 0.240 e. The Hall–Kier alpha value is -1.11. The van der Waals surface area contributed by atoms with Gasteiger partial charge in [-0.2, -0.15) is 0 Å². The summed E-state index contributed by atoms with van der Waals surface area (Å²) in [5.41, 5.74) is 6.81. The highest BCUT2D eigenvalue weighted by molar-refractivity contribution is 7.89. The number of nitrogens with two attached hydrogens (primary N) is 1. The Kier molecular flexibility index (Phi) is 5.98. The Morgan fingerprint density at radius 3 is 2.60 bits per heavy atom. The normalized spacial score (nSPS) is 12.3. The summed E-state index contributed by atoms with van der Waals surface area (Å²) in [6.07, 6.45) is 0.773. The maximum atomic E-state index is 12.2. The van der Waals surface area contributed by atoms with Gasteiger partial charge in [-0.05, 0) is 58.5 Å². The molecule has 0 aromatic heterocycles. The van der Waals surface area contributed by atoms with E-state index in [1.165, 1.54) is 6.07 Å². The summed E-state index contributed by atoms with van der Waals surface area (Å²) in [6, 6.07) is 5.38. The summed E-state index contributed by atoms with van der Waals surface area (Å²) in [5.74, 6) is 0. The predicted molar refractivity (Wildman–Crippen MR) is 83.2 cm³/mol. The summed E-state index contributed by atoms with van der Waals surface area (Å²) in [4.78, 5) is 2.44. The Morgan fingerprint density at radius 1 is 1.35 bits per heavy atom. The van der Waals surface area contributed by atoms with Crippen LogP contribution in [-0.4, -0.2) is 39.5 Å². The van der Waals surface area contributed by atoms with Crippen molar-refractivity contribution in [2.75, 3.05) is 25.9 Å². The van der Waals surface area contributed by atoms with Crippen LogP contribution in [-0.2, 0) is 10.0 Å². The summed E-state index contributed by atoms with van der Waals surface area (Å²) in [6.45, 7) is 7.27. The molecule has 3 N–H and O–H groups in total. The summed E-state index contributed by atoms with van der Waals surface area (Å²) >= 11 is 0. The van der Waals surface area contributed by atoms with E-state index in [2.05, 4.69) is 23.5 Å². The molecule has 0 amide bonds. The van der Waals surface area contributed by atoms with Gasteiger partial charge in [-0.3, -0.25) is 0 Å². The predicted octanol–water partition coefficient (Wildman–Crippen LogP) is 1.59. The van der Waals surface area contributed by atoms with Gasteiger partial charge in [0.2, 0.25) is 10.0 Å². The number of nitrogens with one attached hydrogen (secondary N) is 1. The van der Waals surface area contributed by atoms with Gasteiger partial charge in [0.1, 0.15) is 0 Å². The standard InChI is InChI=1S/C14H25N3O2S/c1-11(2)17(4)9-5-8-16-20(18,19)14-10-13(15)7-6-12(14)3/h6-7,10-11,16H,5,8-9,15H2,1-4H3. The molecule has 1 aromatic rings. The monoisotopic (exact) mass is 299 g/mol. The first kappa shape index (κ1) is 16.9. The molecule has 1 aromatic carbocycles. The minimum atomic E-state index is -3.48. The van der Waals surface area contributed by atoms with E-state index in [0.29, 0.717) is 23.8 Å². The zero-order chi connectivity index (χ0) is 15.3. The number of aryl methyl sites for hydroxylation is 1. The van der Waals surface area contributed by atoms with Gasteiger partial charge in [0, 0.05) is 18.3 Å². The first-order valence-corrected chi connectivity index (χ1v) is 8.28. The molecule has 0 radical (unpaired) electrons. The second-order valence-corrected chi connectivity index (χ2v) is 7.09. The van der Waals surface area contributed by atoms with Crippen LogP contribution in [0.4, 0.5) is 5.69 Å². The van der Waals surface area contributed by atoms with E-state index in [1.807, 2.05) is 7.05 Å². The molecule has 114 valence electrons. The van der Waals surface area contributed by atoms with Gasteiger partial charge < -0.3 is 10.6 Å². The first-order chi connectivity index (χ1) is 9.24. The van der Waals surface area contributed by atoms with E-state index in [9.17, 15) is 8.42 Å². The topological polar surface area (TPSA) is 75.4 Å². The molecule has 1 rings (SSSR count). The molecule has 20 heavy (non-hydrogen) atoms. The summed E-state index contributed by atoms with van der Waals surface area (Å²) < 4.78 is 27.0. The Labute approximate surface area is 122 Å². The summed E-state index contributed by atoms with van der Waals surface area (Å²) in [7, 11) is -1.45. The molecule has 0 bridgehead atoms. The van der Waals surface area contributed by atoms with Crippen LogP contribution < -0.4 is 10.5 Å². The first-order valence-electron chi connectivity index (χ1n) is 6.80. The Morgan fingerprint density at radius 2 is 2.00 bits per heavy atom. The molecule has 0 aliphatic carbocycles. The third kappa shape index (κ3) is 4.77. The molecule has 0 aliphatic heterocycles. The van der Waals surface area contributed by atoms with Crippen LogP contribution >= 0.6 is 0 Å². The molecular formula is C14H25N3O2S. The van der Waals surface area contributed by atoms with Crippen LogP contribution in [0.3, 0.4) is 0 Å². The molecule has 0 aliphatic rings. The van der Waals surface area contributed by atoms with Crippen molar-refractivity contribution < 1.29 is 8.42 Å². The van der Waals surface area contributed by atoms with Gasteiger partial charge in [-0.1, -0.05) is 6.07 Å². The maximum absolute atomic E-state index is 12.2. The largest absolute Gasteiger partial charge is 0.399 e. The highest BCUT2D eigenvalue weighted by Crippen LogP contribution is 2.17. The summed E-state index contributed by atoms with van der Waals surface area (Å²) in [5, 5.41) is 0. The fourth-order valence-corrected chi connectivity index (χ4v) is 3.13. The van der Waals surface area contributed by atoms with Crippen molar-refractivity contribution in [3.05, 3.63) is 23.8 Å². The quantitative estimate of drug-likeness (QED) is 0.592. The molecule has 0 saturated heterocycles.